The van der Waals surface area contributed by atoms with Crippen molar-refractivity contribution in [2.45, 2.75) is 401 Å². The molecule has 0 aliphatic carbocycles. The number of phosphoric ester groups is 2. The first-order chi connectivity index (χ1) is 45.2. The summed E-state index contributed by atoms with van der Waals surface area (Å²) >= 11 is 0. The second-order valence-corrected chi connectivity index (χ2v) is 31.4. The summed E-state index contributed by atoms with van der Waals surface area (Å²) in [5, 5.41) is 10.6. The molecule has 0 spiro atoms. The molecule has 0 heterocycles. The highest BCUT2D eigenvalue weighted by Crippen LogP contribution is 2.45. The van der Waals surface area contributed by atoms with Crippen LogP contribution in [0.4, 0.5) is 0 Å². The molecule has 0 amide bonds. The van der Waals surface area contributed by atoms with Crippen LogP contribution in [0, 0.1) is 17.8 Å². The number of unbranched alkanes of at least 4 members (excludes halogenated alkanes) is 41. The number of aliphatic hydroxyl groups is 1. The maximum atomic E-state index is 13.1. The number of rotatable bonds is 73. The number of carbonyl (C=O) groups is 4. The van der Waals surface area contributed by atoms with Gasteiger partial charge in [0.05, 0.1) is 26.4 Å². The van der Waals surface area contributed by atoms with Gasteiger partial charge in [0.15, 0.2) is 12.2 Å². The first-order valence-corrected chi connectivity index (χ1v) is 41.8. The molecular weight excluding hydrogens is 1230 g/mol. The van der Waals surface area contributed by atoms with E-state index in [1.54, 1.807) is 0 Å². The van der Waals surface area contributed by atoms with Crippen molar-refractivity contribution in [3.63, 3.8) is 0 Å². The van der Waals surface area contributed by atoms with Crippen LogP contribution in [0.25, 0.3) is 0 Å². The monoisotopic (exact) mass is 1380 g/mol. The van der Waals surface area contributed by atoms with Crippen LogP contribution in [-0.4, -0.2) is 96.7 Å². The lowest BCUT2D eigenvalue weighted by molar-refractivity contribution is -0.161. The van der Waals surface area contributed by atoms with Crippen LogP contribution >= 0.6 is 15.6 Å². The molecule has 5 atom stereocenters. The van der Waals surface area contributed by atoms with Crippen LogP contribution in [0.2, 0.25) is 0 Å². The summed E-state index contributed by atoms with van der Waals surface area (Å²) in [5.74, 6) is 0.0464. The lowest BCUT2D eigenvalue weighted by atomic mass is 10.0. The largest absolute Gasteiger partial charge is 0.472 e. The van der Waals surface area contributed by atoms with Crippen molar-refractivity contribution < 1.29 is 80.2 Å². The zero-order chi connectivity index (χ0) is 69.4. The van der Waals surface area contributed by atoms with Gasteiger partial charge >= 0.3 is 39.5 Å². The maximum Gasteiger partial charge on any atom is 0.472 e. The molecule has 0 saturated heterocycles. The van der Waals surface area contributed by atoms with E-state index in [4.69, 9.17) is 37.0 Å². The summed E-state index contributed by atoms with van der Waals surface area (Å²) in [7, 11) is -9.91. The van der Waals surface area contributed by atoms with Gasteiger partial charge in [-0.15, -0.1) is 0 Å². The number of phosphoric acid groups is 2. The predicted octanol–water partition coefficient (Wildman–Crippen LogP) is 21.8. The number of ether oxygens (including phenoxy) is 4. The second kappa shape index (κ2) is 65.7. The molecule has 0 fully saturated rings. The van der Waals surface area contributed by atoms with Gasteiger partial charge in [0, 0.05) is 25.7 Å². The molecule has 2 unspecified atom stereocenters. The van der Waals surface area contributed by atoms with Gasteiger partial charge in [-0.25, -0.2) is 9.13 Å². The molecule has 0 rings (SSSR count). The lowest BCUT2D eigenvalue weighted by Gasteiger charge is -2.21. The van der Waals surface area contributed by atoms with Gasteiger partial charge in [0.1, 0.15) is 19.3 Å². The highest BCUT2D eigenvalue weighted by molar-refractivity contribution is 7.47. The minimum absolute atomic E-state index is 0.104. The Balaban J connectivity index is 5.18. The van der Waals surface area contributed by atoms with E-state index >= 15 is 0 Å². The first kappa shape index (κ1) is 92.1. The van der Waals surface area contributed by atoms with Crippen LogP contribution in [0.1, 0.15) is 382 Å². The Morgan fingerprint density at radius 1 is 0.287 bits per heavy atom. The molecule has 558 valence electrons. The van der Waals surface area contributed by atoms with E-state index in [1.165, 1.54) is 193 Å². The van der Waals surface area contributed by atoms with Crippen LogP contribution in [0.15, 0.2) is 0 Å². The minimum atomic E-state index is -4.96. The molecule has 0 aromatic carbocycles. The van der Waals surface area contributed by atoms with Crippen LogP contribution in [0.5, 0.6) is 0 Å². The number of carbonyl (C=O) groups excluding carboxylic acids is 4. The van der Waals surface area contributed by atoms with Gasteiger partial charge in [-0.05, 0) is 43.4 Å². The van der Waals surface area contributed by atoms with E-state index in [9.17, 15) is 43.2 Å². The molecule has 0 aliphatic rings. The van der Waals surface area contributed by atoms with Gasteiger partial charge < -0.3 is 33.8 Å². The van der Waals surface area contributed by atoms with E-state index in [0.29, 0.717) is 25.7 Å². The van der Waals surface area contributed by atoms with Crippen LogP contribution in [0.3, 0.4) is 0 Å². The fraction of sp³-hybridized carbons (Fsp3) is 0.947. The topological polar surface area (TPSA) is 237 Å². The van der Waals surface area contributed by atoms with E-state index in [0.717, 1.165) is 108 Å². The molecule has 0 aliphatic heterocycles. The third-order valence-corrected chi connectivity index (χ3v) is 19.3. The quantitative estimate of drug-likeness (QED) is 0.0222. The molecule has 0 saturated carbocycles. The van der Waals surface area contributed by atoms with Crippen molar-refractivity contribution >= 4 is 39.5 Å². The third kappa shape index (κ3) is 68.6. The SMILES string of the molecule is CCCCCCCCCCCCCCCCCCCCCCCC(=O)O[C@H](COC(=O)CCCCCCCCCCC(C)C)COP(=O)(O)OC[C@@H](O)COP(=O)(O)OC[C@@H](COC(=O)CCCCCCCCCCC(C)C)OC(=O)CCCCCCCCCCC(C)C. The van der Waals surface area contributed by atoms with Crippen molar-refractivity contribution in [3.8, 4) is 0 Å². The summed E-state index contributed by atoms with van der Waals surface area (Å²) in [6.07, 6.45) is 51.7. The minimum Gasteiger partial charge on any atom is -0.462 e. The van der Waals surface area contributed by atoms with Gasteiger partial charge in [0.2, 0.25) is 0 Å². The Bertz CT molecular complexity index is 1840. The molecule has 0 aromatic heterocycles. The molecule has 17 nitrogen and oxygen atoms in total. The lowest BCUT2D eigenvalue weighted by Crippen LogP contribution is -2.30. The van der Waals surface area contributed by atoms with Gasteiger partial charge in [-0.3, -0.25) is 37.3 Å². The predicted molar refractivity (Wildman–Crippen MR) is 381 cm³/mol. The van der Waals surface area contributed by atoms with Gasteiger partial charge in [-0.1, -0.05) is 331 Å². The van der Waals surface area contributed by atoms with E-state index in [2.05, 4.69) is 48.5 Å². The molecule has 94 heavy (non-hydrogen) atoms. The normalized spacial score (nSPS) is 14.1. The summed E-state index contributed by atoms with van der Waals surface area (Å²) in [5.41, 5.74) is 0. The molecule has 0 aromatic rings. The highest BCUT2D eigenvalue weighted by atomic mass is 31.2. The Kier molecular flexibility index (Phi) is 64.3. The summed E-state index contributed by atoms with van der Waals surface area (Å²) in [4.78, 5) is 72.7. The fourth-order valence-corrected chi connectivity index (χ4v) is 13.0. The Hall–Kier alpha value is -1.94. The van der Waals surface area contributed by atoms with Gasteiger partial charge in [0.25, 0.3) is 0 Å². The van der Waals surface area contributed by atoms with Crippen molar-refractivity contribution in [1.82, 2.24) is 0 Å². The first-order valence-electron chi connectivity index (χ1n) is 38.8. The van der Waals surface area contributed by atoms with Crippen LogP contribution in [-0.2, 0) is 65.4 Å². The molecule has 3 N–H and O–H groups in total. The smallest absolute Gasteiger partial charge is 0.462 e. The second-order valence-electron chi connectivity index (χ2n) is 28.5. The van der Waals surface area contributed by atoms with Gasteiger partial charge in [-0.2, -0.15) is 0 Å². The molecular formula is C75H146O17P2. The van der Waals surface area contributed by atoms with Crippen molar-refractivity contribution in [2.75, 3.05) is 39.6 Å². The Morgan fingerprint density at radius 3 is 0.723 bits per heavy atom. The number of aliphatic hydroxyl groups excluding tert-OH is 1. The standard InChI is InChI=1S/C75H146O17P2/c1-8-9-10-11-12-13-14-15-16-17-18-19-20-21-22-23-24-25-37-44-51-58-74(79)91-70(62-85-72(77)56-49-42-35-29-26-32-39-46-53-66(2)3)64-89-93(81,82)87-60-69(76)61-88-94(83,84)90-65-71(92-75(80)59-52-45-38-31-28-34-41-48-55-68(6)7)63-86-73(78)57-50-43-36-30-27-33-40-47-54-67(4)5/h66-71,76H,8-65H2,1-7H3,(H,81,82)(H,83,84)/t69-,70-,71-/m1/s1. The number of hydrogen-bond acceptors (Lipinski definition) is 15. The van der Waals surface area contributed by atoms with Crippen molar-refractivity contribution in [2.24, 2.45) is 17.8 Å². The summed E-state index contributed by atoms with van der Waals surface area (Å²) in [6.45, 7) is 11.8. The highest BCUT2D eigenvalue weighted by Gasteiger charge is 2.30. The summed E-state index contributed by atoms with van der Waals surface area (Å²) < 4.78 is 68.4. The third-order valence-electron chi connectivity index (χ3n) is 17.4. The van der Waals surface area contributed by atoms with E-state index < -0.39 is 97.5 Å². The number of esters is 4. The fourth-order valence-electron chi connectivity index (χ4n) is 11.4. The zero-order valence-electron chi connectivity index (χ0n) is 61.4. The molecule has 0 bridgehead atoms. The van der Waals surface area contributed by atoms with E-state index in [1.807, 2.05) is 0 Å². The van der Waals surface area contributed by atoms with Crippen LogP contribution < -0.4 is 0 Å². The summed E-state index contributed by atoms with van der Waals surface area (Å²) in [6, 6.07) is 0. The molecule has 0 radical (unpaired) electrons. The Labute approximate surface area is 575 Å². The average Bonchev–Trinajstić information content (AvgIpc) is 1.27. The van der Waals surface area contributed by atoms with Crippen molar-refractivity contribution in [1.29, 1.82) is 0 Å². The average molecular weight is 1380 g/mol. The number of hydrogen-bond donors (Lipinski definition) is 3. The van der Waals surface area contributed by atoms with Crippen molar-refractivity contribution in [3.05, 3.63) is 0 Å². The molecule has 19 heteroatoms. The maximum absolute atomic E-state index is 13.1. The zero-order valence-corrected chi connectivity index (χ0v) is 63.2. The van der Waals surface area contributed by atoms with E-state index in [-0.39, 0.29) is 25.7 Å². The Morgan fingerprint density at radius 2 is 0.489 bits per heavy atom.